The van der Waals surface area contributed by atoms with Crippen molar-refractivity contribution < 1.29 is 4.42 Å². The van der Waals surface area contributed by atoms with E-state index in [-0.39, 0.29) is 0 Å². The van der Waals surface area contributed by atoms with Gasteiger partial charge in [0.05, 0.1) is 22.8 Å². The molecule has 0 unspecified atom stereocenters. The number of rotatable bonds is 4. The molecule has 0 aliphatic heterocycles. The minimum atomic E-state index is 0.803. The van der Waals surface area contributed by atoms with Crippen molar-refractivity contribution in [2.24, 2.45) is 9.98 Å². The number of hydrogen-bond donors (Lipinski definition) is 0. The van der Waals surface area contributed by atoms with Crippen molar-refractivity contribution in [1.82, 2.24) is 0 Å². The fourth-order valence-electron chi connectivity index (χ4n) is 4.79. The van der Waals surface area contributed by atoms with E-state index in [9.17, 15) is 0 Å². The maximum absolute atomic E-state index is 6.55. The smallest absolute Gasteiger partial charge is 0.156 e. The van der Waals surface area contributed by atoms with Crippen LogP contribution in [0.15, 0.2) is 50.8 Å². The monoisotopic (exact) mass is 464 g/mol. The zero-order valence-electron chi connectivity index (χ0n) is 22.8. The second-order valence-electron chi connectivity index (χ2n) is 9.92. The van der Waals surface area contributed by atoms with Crippen LogP contribution in [-0.4, -0.2) is 11.4 Å². The summed E-state index contributed by atoms with van der Waals surface area (Å²) in [5.74, 6) is 1.61. The topological polar surface area (TPSA) is 37.9 Å². The number of aliphatic imine (C=N–C) groups is 2. The molecule has 0 saturated carbocycles. The predicted molar refractivity (Wildman–Crippen MR) is 151 cm³/mol. The van der Waals surface area contributed by atoms with Crippen molar-refractivity contribution in [3.8, 4) is 0 Å². The first-order valence-electron chi connectivity index (χ1n) is 12.3. The molecule has 1 heterocycles. The molecule has 35 heavy (non-hydrogen) atoms. The third kappa shape index (κ3) is 4.36. The molecule has 0 fully saturated rings. The molecule has 0 aliphatic carbocycles. The Morgan fingerprint density at radius 2 is 0.857 bits per heavy atom. The lowest BCUT2D eigenvalue weighted by Crippen LogP contribution is -1.97. The van der Waals surface area contributed by atoms with Crippen LogP contribution in [0.5, 0.6) is 0 Å². The summed E-state index contributed by atoms with van der Waals surface area (Å²) < 4.78 is 6.55. The Balaban J connectivity index is 1.90. The zero-order valence-corrected chi connectivity index (χ0v) is 22.8. The van der Waals surface area contributed by atoms with Gasteiger partial charge in [0, 0.05) is 10.8 Å². The fraction of sp³-hybridized carbons (Fsp3) is 0.312. The van der Waals surface area contributed by atoms with E-state index in [2.05, 4.69) is 91.8 Å². The van der Waals surface area contributed by atoms with E-state index in [1.54, 1.807) is 0 Å². The zero-order chi connectivity index (χ0) is 25.6. The molecule has 0 spiro atoms. The van der Waals surface area contributed by atoms with Gasteiger partial charge in [-0.15, -0.1) is 0 Å². The van der Waals surface area contributed by atoms with Gasteiger partial charge < -0.3 is 4.42 Å². The van der Waals surface area contributed by atoms with Gasteiger partial charge in [-0.2, -0.15) is 0 Å². The number of hydrogen-bond acceptors (Lipinski definition) is 3. The van der Waals surface area contributed by atoms with E-state index in [0.29, 0.717) is 0 Å². The normalized spacial score (nSPS) is 12.6. The van der Waals surface area contributed by atoms with E-state index in [4.69, 9.17) is 14.4 Å². The van der Waals surface area contributed by atoms with E-state index in [1.165, 1.54) is 44.5 Å². The maximum atomic E-state index is 6.55. The molecule has 4 aromatic rings. The summed E-state index contributed by atoms with van der Waals surface area (Å²) in [6, 6.07) is 12.8. The van der Waals surface area contributed by atoms with Crippen LogP contribution in [0.3, 0.4) is 0 Å². The highest BCUT2D eigenvalue weighted by Crippen LogP contribution is 2.34. The number of benzene rings is 3. The molecular weight excluding hydrogens is 428 g/mol. The molecule has 180 valence electrons. The third-order valence-electron chi connectivity index (χ3n) is 7.49. The molecule has 0 bridgehead atoms. The van der Waals surface area contributed by atoms with Gasteiger partial charge in [-0.3, -0.25) is 0 Å². The van der Waals surface area contributed by atoms with Crippen LogP contribution < -0.4 is 0 Å². The molecule has 4 rings (SSSR count). The molecular formula is C32H36N2O. The lowest BCUT2D eigenvalue weighted by atomic mass is 9.98. The first-order valence-corrected chi connectivity index (χ1v) is 12.3. The fourth-order valence-corrected chi connectivity index (χ4v) is 4.79. The van der Waals surface area contributed by atoms with Crippen LogP contribution >= 0.6 is 0 Å². The Morgan fingerprint density at radius 3 is 1.17 bits per heavy atom. The van der Waals surface area contributed by atoms with Crippen molar-refractivity contribution in [2.45, 2.75) is 69.2 Å². The molecule has 0 atom stereocenters. The van der Waals surface area contributed by atoms with Crippen molar-refractivity contribution >= 4 is 33.6 Å². The van der Waals surface area contributed by atoms with Gasteiger partial charge in [-0.05, 0) is 114 Å². The van der Waals surface area contributed by atoms with Crippen LogP contribution in [0.25, 0.3) is 10.8 Å². The van der Waals surface area contributed by atoms with Crippen LogP contribution in [0, 0.1) is 55.4 Å². The van der Waals surface area contributed by atoms with E-state index < -0.39 is 0 Å². The lowest BCUT2D eigenvalue weighted by Gasteiger charge is -2.12. The molecule has 3 heteroatoms. The highest BCUT2D eigenvalue weighted by atomic mass is 16.3. The first kappa shape index (κ1) is 24.7. The van der Waals surface area contributed by atoms with Gasteiger partial charge in [0.2, 0.25) is 0 Å². The summed E-state index contributed by atoms with van der Waals surface area (Å²) in [6.07, 6.45) is 0. The highest BCUT2D eigenvalue weighted by molar-refractivity contribution is 6.15. The van der Waals surface area contributed by atoms with E-state index in [1.807, 2.05) is 13.8 Å². The van der Waals surface area contributed by atoms with Gasteiger partial charge >= 0.3 is 0 Å². The Kier molecular flexibility index (Phi) is 6.55. The highest BCUT2D eigenvalue weighted by Gasteiger charge is 2.19. The minimum Gasteiger partial charge on any atom is -0.452 e. The minimum absolute atomic E-state index is 0.803. The van der Waals surface area contributed by atoms with Crippen LogP contribution in [0.4, 0.5) is 11.4 Å². The maximum Gasteiger partial charge on any atom is 0.156 e. The molecule has 0 aliphatic rings. The molecule has 0 N–H and O–H groups in total. The largest absolute Gasteiger partial charge is 0.452 e. The van der Waals surface area contributed by atoms with Crippen molar-refractivity contribution in [3.63, 3.8) is 0 Å². The third-order valence-corrected chi connectivity index (χ3v) is 7.49. The second-order valence-corrected chi connectivity index (χ2v) is 9.92. The standard InChI is InChI=1S/C32H36N2O/c1-17-15-18(2)22(6)29(21(17)5)33-25(9)31-27-13-11-12-14-28(27)32(35-31)26(10)34-30-23(7)19(3)16-20(4)24(30)8/h11-16H,1-10H3/b33-25+,34-26+. The predicted octanol–water partition coefficient (Wildman–Crippen LogP) is 9.18. The molecule has 3 nitrogen and oxygen atoms in total. The molecule has 0 radical (unpaired) electrons. The molecule has 3 aromatic carbocycles. The molecule has 1 aromatic heterocycles. The van der Waals surface area contributed by atoms with E-state index in [0.717, 1.165) is 45.1 Å². The second kappa shape index (κ2) is 9.30. The average molecular weight is 465 g/mol. The average Bonchev–Trinajstić information content (AvgIpc) is 3.22. The molecule has 0 amide bonds. The SMILES string of the molecule is C/C(=N\c1c(C)c(C)cc(C)c1C)c1oc(/C(C)=N/c2c(C)c(C)cc(C)c2C)c2ccccc12. The Morgan fingerprint density at radius 1 is 0.543 bits per heavy atom. The summed E-state index contributed by atoms with van der Waals surface area (Å²) >= 11 is 0. The lowest BCUT2D eigenvalue weighted by molar-refractivity contribution is 0.553. The van der Waals surface area contributed by atoms with E-state index >= 15 is 0 Å². The number of nitrogens with zero attached hydrogens (tertiary/aromatic N) is 2. The summed E-state index contributed by atoms with van der Waals surface area (Å²) in [7, 11) is 0. The van der Waals surface area contributed by atoms with Gasteiger partial charge in [-0.25, -0.2) is 9.98 Å². The van der Waals surface area contributed by atoms with Crippen LogP contribution in [0.1, 0.15) is 69.9 Å². The first-order chi connectivity index (χ1) is 16.5. The van der Waals surface area contributed by atoms with Gasteiger partial charge in [0.25, 0.3) is 0 Å². The van der Waals surface area contributed by atoms with Gasteiger partial charge in [0.15, 0.2) is 11.5 Å². The Labute approximate surface area is 209 Å². The van der Waals surface area contributed by atoms with Crippen LogP contribution in [-0.2, 0) is 0 Å². The van der Waals surface area contributed by atoms with Gasteiger partial charge in [-0.1, -0.05) is 36.4 Å². The summed E-state index contributed by atoms with van der Waals surface area (Å²) in [4.78, 5) is 10.2. The quantitative estimate of drug-likeness (QED) is 0.277. The Hall–Kier alpha value is -3.46. The Bertz CT molecular complexity index is 1360. The molecule has 0 saturated heterocycles. The summed E-state index contributed by atoms with van der Waals surface area (Å²) in [5.41, 5.74) is 13.7. The summed E-state index contributed by atoms with van der Waals surface area (Å²) in [5, 5.41) is 2.12. The number of furan rings is 1. The van der Waals surface area contributed by atoms with Crippen molar-refractivity contribution in [2.75, 3.05) is 0 Å². The van der Waals surface area contributed by atoms with Crippen LogP contribution in [0.2, 0.25) is 0 Å². The van der Waals surface area contributed by atoms with Crippen molar-refractivity contribution in [1.29, 1.82) is 0 Å². The number of fused-ring (bicyclic) bond motifs is 1. The van der Waals surface area contributed by atoms with Gasteiger partial charge in [0.1, 0.15) is 0 Å². The van der Waals surface area contributed by atoms with Crippen molar-refractivity contribution in [3.05, 3.63) is 92.4 Å². The summed E-state index contributed by atoms with van der Waals surface area (Å²) in [6.45, 7) is 21.2. The number of aryl methyl sites for hydroxylation is 4.